The van der Waals surface area contributed by atoms with E-state index >= 15 is 0 Å². The number of hydrogen-bond donors (Lipinski definition) is 4. The summed E-state index contributed by atoms with van der Waals surface area (Å²) < 4.78 is 29.7. The summed E-state index contributed by atoms with van der Waals surface area (Å²) >= 11 is 1.12. The molecule has 0 amide bonds. The van der Waals surface area contributed by atoms with E-state index in [-0.39, 0.29) is 23.9 Å². The van der Waals surface area contributed by atoms with Gasteiger partial charge in [0.25, 0.3) is 7.44 Å². The third-order valence-corrected chi connectivity index (χ3v) is 7.24. The molecule has 1 rings (SSSR count). The molecule has 0 aromatic carbocycles. The molecule has 1 aromatic rings. The molecule has 0 aliphatic heterocycles. The summed E-state index contributed by atoms with van der Waals surface area (Å²) in [5.41, 5.74) is 5.56. The molecule has 5 N–H and O–H groups in total. The lowest BCUT2D eigenvalue weighted by Gasteiger charge is -2.24. The van der Waals surface area contributed by atoms with Gasteiger partial charge in [0, 0.05) is 0 Å². The minimum atomic E-state index is -3.79. The SMILES string of the molecule is CCOC(=O)[C@H](C)NP(=O)(N[C@@H](C)C(=O)OCC)c1ccc(/C=C(\CC(C)C)SC(=N)N)o1. The first kappa shape index (κ1) is 29.0. The zero-order chi connectivity index (χ0) is 25.2. The van der Waals surface area contributed by atoms with Crippen molar-refractivity contribution in [3.8, 4) is 0 Å². The van der Waals surface area contributed by atoms with E-state index in [0.717, 1.165) is 16.7 Å². The fraction of sp³-hybridized carbons (Fsp3) is 0.571. The monoisotopic (exact) mass is 502 g/mol. The van der Waals surface area contributed by atoms with Crippen LogP contribution in [0.15, 0.2) is 21.5 Å². The average molecular weight is 503 g/mol. The second-order valence-electron chi connectivity index (χ2n) is 7.67. The molecule has 0 bridgehead atoms. The van der Waals surface area contributed by atoms with Crippen molar-refractivity contribution in [1.29, 1.82) is 5.41 Å². The molecule has 10 nitrogen and oxygen atoms in total. The Morgan fingerprint density at radius 3 is 2.06 bits per heavy atom. The molecule has 2 atom stereocenters. The van der Waals surface area contributed by atoms with Crippen molar-refractivity contribution in [1.82, 2.24) is 10.2 Å². The number of rotatable bonds is 13. The third-order valence-electron chi connectivity index (χ3n) is 4.11. The molecule has 12 heteroatoms. The molecule has 1 aromatic heterocycles. The van der Waals surface area contributed by atoms with Gasteiger partial charge in [0.05, 0.1) is 13.2 Å². The van der Waals surface area contributed by atoms with Crippen molar-refractivity contribution in [2.45, 2.75) is 60.0 Å². The standard InChI is InChI=1S/C21H35N4O6PS/c1-7-29-19(26)14(5)24-32(28,25-15(6)20(27)30-8-2)18-10-9-16(31-18)12-17(11-13(3)4)33-21(22)23/h9-10,12-15H,7-8,11H2,1-6H3,(H3,22,23)(H2,24,25,28)/b17-12+/t14-,15-/m0/s1. The van der Waals surface area contributed by atoms with Gasteiger partial charge in [-0.25, -0.2) is 10.2 Å². The Labute approximate surface area is 199 Å². The zero-order valence-electron chi connectivity index (χ0n) is 20.0. The fourth-order valence-corrected chi connectivity index (χ4v) is 5.79. The molecule has 0 radical (unpaired) electrons. The number of ether oxygens (including phenoxy) is 2. The van der Waals surface area contributed by atoms with Crippen LogP contribution < -0.4 is 21.4 Å². The van der Waals surface area contributed by atoms with Gasteiger partial charge in [-0.15, -0.1) is 0 Å². The number of carbonyl (C=O) groups excluding carboxylic acids is 2. The first-order valence-corrected chi connectivity index (χ1v) is 13.3. The minimum Gasteiger partial charge on any atom is -0.465 e. The molecule has 0 unspecified atom stereocenters. The summed E-state index contributed by atoms with van der Waals surface area (Å²) in [6, 6.07) is 1.25. The van der Waals surface area contributed by atoms with Crippen LogP contribution in [-0.2, 0) is 23.6 Å². The summed E-state index contributed by atoms with van der Waals surface area (Å²) in [6.45, 7) is 10.8. The van der Waals surface area contributed by atoms with Gasteiger partial charge in [0.15, 0.2) is 10.7 Å². The van der Waals surface area contributed by atoms with E-state index in [1.807, 2.05) is 13.8 Å². The summed E-state index contributed by atoms with van der Waals surface area (Å²) in [6.07, 6.45) is 2.40. The predicted molar refractivity (Wildman–Crippen MR) is 131 cm³/mol. The van der Waals surface area contributed by atoms with Gasteiger partial charge >= 0.3 is 11.9 Å². The van der Waals surface area contributed by atoms with Gasteiger partial charge in [-0.3, -0.25) is 19.6 Å². The molecule has 0 fully saturated rings. The van der Waals surface area contributed by atoms with Gasteiger partial charge in [0.2, 0.25) is 0 Å². The third kappa shape index (κ3) is 9.75. The Morgan fingerprint density at radius 2 is 1.64 bits per heavy atom. The van der Waals surface area contributed by atoms with Gasteiger partial charge in [0.1, 0.15) is 17.8 Å². The smallest absolute Gasteiger partial charge is 0.323 e. The highest BCUT2D eigenvalue weighted by Gasteiger charge is 2.36. The van der Waals surface area contributed by atoms with E-state index in [1.54, 1.807) is 26.0 Å². The Morgan fingerprint density at radius 1 is 1.12 bits per heavy atom. The number of thioether (sulfide) groups is 1. The number of nitrogens with one attached hydrogen (secondary N) is 3. The lowest BCUT2D eigenvalue weighted by molar-refractivity contribution is -0.145. The Hall–Kier alpha value is -2.07. The second-order valence-corrected chi connectivity index (χ2v) is 11.0. The van der Waals surface area contributed by atoms with Crippen LogP contribution in [0.1, 0.15) is 53.7 Å². The van der Waals surface area contributed by atoms with Crippen LogP contribution in [0.25, 0.3) is 6.08 Å². The lowest BCUT2D eigenvalue weighted by atomic mass is 10.1. The van der Waals surface area contributed by atoms with Gasteiger partial charge < -0.3 is 19.6 Å². The van der Waals surface area contributed by atoms with Gasteiger partial charge in [-0.05, 0) is 63.1 Å². The van der Waals surface area contributed by atoms with Gasteiger partial charge in [-0.2, -0.15) is 0 Å². The molecule has 0 aliphatic carbocycles. The van der Waals surface area contributed by atoms with Crippen molar-refractivity contribution < 1.29 is 28.0 Å². The number of allylic oxidation sites excluding steroid dienone is 1. The molecule has 33 heavy (non-hydrogen) atoms. The van der Waals surface area contributed by atoms with Crippen LogP contribution in [0.3, 0.4) is 0 Å². The Kier molecular flexibility index (Phi) is 11.9. The van der Waals surface area contributed by atoms with E-state index in [1.165, 1.54) is 19.9 Å². The maximum atomic E-state index is 13.9. The highest BCUT2D eigenvalue weighted by Crippen LogP contribution is 2.38. The average Bonchev–Trinajstić information content (AvgIpc) is 3.16. The maximum Gasteiger partial charge on any atom is 0.323 e. The van der Waals surface area contributed by atoms with Crippen molar-refractivity contribution in [3.05, 3.63) is 22.8 Å². The first-order valence-electron chi connectivity index (χ1n) is 10.7. The molecule has 0 saturated heterocycles. The first-order chi connectivity index (χ1) is 15.4. The van der Waals surface area contributed by atoms with E-state index < -0.39 is 31.5 Å². The lowest BCUT2D eigenvalue weighted by Crippen LogP contribution is -2.44. The van der Waals surface area contributed by atoms with E-state index in [4.69, 9.17) is 25.0 Å². The van der Waals surface area contributed by atoms with Crippen molar-refractivity contribution in [3.63, 3.8) is 0 Å². The topological polar surface area (TPSA) is 157 Å². The highest BCUT2D eigenvalue weighted by molar-refractivity contribution is 8.17. The minimum absolute atomic E-state index is 0.0257. The number of furan rings is 1. The van der Waals surface area contributed by atoms with Crippen molar-refractivity contribution in [2.24, 2.45) is 11.7 Å². The largest absolute Gasteiger partial charge is 0.465 e. The number of nitrogens with two attached hydrogens (primary N) is 1. The van der Waals surface area contributed by atoms with Crippen LogP contribution in [0.5, 0.6) is 0 Å². The van der Waals surface area contributed by atoms with Crippen molar-refractivity contribution in [2.75, 3.05) is 13.2 Å². The zero-order valence-corrected chi connectivity index (χ0v) is 21.7. The quantitative estimate of drug-likeness (QED) is 0.137. The molecule has 186 valence electrons. The van der Waals surface area contributed by atoms with Crippen LogP contribution in [0, 0.1) is 11.3 Å². The summed E-state index contributed by atoms with van der Waals surface area (Å²) in [7, 11) is -3.79. The number of hydrogen-bond acceptors (Lipinski definition) is 8. The van der Waals surface area contributed by atoms with E-state index in [0.29, 0.717) is 18.1 Å². The number of esters is 2. The Balaban J connectivity index is 3.30. The molecular weight excluding hydrogens is 467 g/mol. The predicted octanol–water partition coefficient (Wildman–Crippen LogP) is 3.19. The fourth-order valence-electron chi connectivity index (χ4n) is 2.77. The Bertz CT molecular complexity index is 871. The summed E-state index contributed by atoms with van der Waals surface area (Å²) in [4.78, 5) is 25.1. The van der Waals surface area contributed by atoms with Crippen LogP contribution in [0.2, 0.25) is 0 Å². The molecule has 0 spiro atoms. The number of carbonyl (C=O) groups is 2. The molecule has 0 aliphatic rings. The molecule has 0 saturated carbocycles. The van der Waals surface area contributed by atoms with Crippen LogP contribution >= 0.6 is 19.2 Å². The molecule has 1 heterocycles. The second kappa shape index (κ2) is 13.6. The summed E-state index contributed by atoms with van der Waals surface area (Å²) in [5.74, 6) is -0.465. The maximum absolute atomic E-state index is 13.9. The normalized spacial score (nSPS) is 14.1. The summed E-state index contributed by atoms with van der Waals surface area (Å²) in [5, 5.41) is 13.0. The molecular formula is C21H35N4O6PS. The van der Waals surface area contributed by atoms with Crippen LogP contribution in [0.4, 0.5) is 0 Å². The highest BCUT2D eigenvalue weighted by atomic mass is 32.2. The van der Waals surface area contributed by atoms with E-state index in [2.05, 4.69) is 10.2 Å². The van der Waals surface area contributed by atoms with Crippen molar-refractivity contribution >= 4 is 47.9 Å². The van der Waals surface area contributed by atoms with E-state index in [9.17, 15) is 14.2 Å². The van der Waals surface area contributed by atoms with Crippen LogP contribution in [-0.4, -0.2) is 42.4 Å². The van der Waals surface area contributed by atoms with Gasteiger partial charge in [-0.1, -0.05) is 25.6 Å². The number of amidine groups is 1.